The van der Waals surface area contributed by atoms with E-state index in [0.717, 1.165) is 5.56 Å². The SMILES string of the molecule is CC(C)(C)c1cccc(OCc2occc2C(=O)O)c1. The van der Waals surface area contributed by atoms with Gasteiger partial charge in [-0.3, -0.25) is 0 Å². The molecule has 1 aromatic heterocycles. The first-order valence-electron chi connectivity index (χ1n) is 6.41. The van der Waals surface area contributed by atoms with Crippen LogP contribution in [0.1, 0.15) is 42.5 Å². The lowest BCUT2D eigenvalue weighted by Crippen LogP contribution is -2.11. The van der Waals surface area contributed by atoms with Gasteiger partial charge in [0.25, 0.3) is 0 Å². The summed E-state index contributed by atoms with van der Waals surface area (Å²) in [4.78, 5) is 11.0. The topological polar surface area (TPSA) is 59.7 Å². The van der Waals surface area contributed by atoms with Gasteiger partial charge in [0.1, 0.15) is 17.9 Å². The van der Waals surface area contributed by atoms with Crippen molar-refractivity contribution in [1.29, 1.82) is 0 Å². The zero-order chi connectivity index (χ0) is 14.8. The van der Waals surface area contributed by atoms with Crippen LogP contribution in [-0.2, 0) is 12.0 Å². The number of hydrogen-bond donors (Lipinski definition) is 1. The molecule has 0 aliphatic heterocycles. The maximum atomic E-state index is 11.0. The number of carboxylic acid groups (broad SMARTS) is 1. The molecule has 0 amide bonds. The van der Waals surface area contributed by atoms with Crippen LogP contribution in [0.4, 0.5) is 0 Å². The van der Waals surface area contributed by atoms with Gasteiger partial charge in [0.05, 0.1) is 6.26 Å². The van der Waals surface area contributed by atoms with Crippen molar-refractivity contribution in [3.8, 4) is 5.75 Å². The van der Waals surface area contributed by atoms with Crippen LogP contribution in [0.2, 0.25) is 0 Å². The quantitative estimate of drug-likeness (QED) is 0.919. The Labute approximate surface area is 118 Å². The Morgan fingerprint density at radius 3 is 2.70 bits per heavy atom. The molecule has 0 atom stereocenters. The van der Waals surface area contributed by atoms with Gasteiger partial charge in [0.2, 0.25) is 0 Å². The number of ether oxygens (including phenoxy) is 1. The molecular weight excluding hydrogens is 256 g/mol. The fraction of sp³-hybridized carbons (Fsp3) is 0.312. The van der Waals surface area contributed by atoms with Gasteiger partial charge in [-0.05, 0) is 29.2 Å². The molecule has 0 radical (unpaired) electrons. The number of aromatic carboxylic acids is 1. The highest BCUT2D eigenvalue weighted by Crippen LogP contribution is 2.26. The molecule has 2 rings (SSSR count). The Bertz CT molecular complexity index is 605. The highest BCUT2D eigenvalue weighted by molar-refractivity contribution is 5.88. The van der Waals surface area contributed by atoms with Gasteiger partial charge in [0, 0.05) is 0 Å². The predicted octanol–water partition coefficient (Wildman–Crippen LogP) is 3.85. The van der Waals surface area contributed by atoms with E-state index in [1.807, 2.05) is 24.3 Å². The summed E-state index contributed by atoms with van der Waals surface area (Å²) in [5, 5.41) is 8.99. The molecule has 0 fully saturated rings. The van der Waals surface area contributed by atoms with Gasteiger partial charge in [-0.25, -0.2) is 4.79 Å². The molecule has 0 bridgehead atoms. The molecule has 1 aromatic carbocycles. The van der Waals surface area contributed by atoms with Crippen LogP contribution >= 0.6 is 0 Å². The lowest BCUT2D eigenvalue weighted by atomic mass is 9.87. The molecule has 0 spiro atoms. The molecule has 0 unspecified atom stereocenters. The van der Waals surface area contributed by atoms with Gasteiger partial charge in [-0.1, -0.05) is 32.9 Å². The molecule has 4 nitrogen and oxygen atoms in total. The van der Waals surface area contributed by atoms with Crippen molar-refractivity contribution >= 4 is 5.97 Å². The summed E-state index contributed by atoms with van der Waals surface area (Å²) in [5.41, 5.74) is 1.33. The van der Waals surface area contributed by atoms with E-state index in [2.05, 4.69) is 20.8 Å². The smallest absolute Gasteiger partial charge is 0.339 e. The molecule has 1 heterocycles. The van der Waals surface area contributed by atoms with E-state index in [9.17, 15) is 4.79 Å². The zero-order valence-electron chi connectivity index (χ0n) is 11.8. The number of rotatable bonds is 4. The van der Waals surface area contributed by atoms with Crippen LogP contribution in [0.15, 0.2) is 41.0 Å². The first-order chi connectivity index (χ1) is 9.38. The number of carboxylic acids is 1. The molecule has 106 valence electrons. The van der Waals surface area contributed by atoms with Crippen LogP contribution < -0.4 is 4.74 Å². The largest absolute Gasteiger partial charge is 0.486 e. The second-order valence-corrected chi connectivity index (χ2v) is 5.63. The molecule has 2 aromatic rings. The number of carbonyl (C=O) groups is 1. The van der Waals surface area contributed by atoms with Crippen molar-refractivity contribution in [2.45, 2.75) is 32.8 Å². The van der Waals surface area contributed by atoms with E-state index in [1.165, 1.54) is 12.3 Å². The monoisotopic (exact) mass is 274 g/mol. The normalized spacial score (nSPS) is 11.3. The summed E-state index contributed by atoms with van der Waals surface area (Å²) in [5.74, 6) is 0.00428. The van der Waals surface area contributed by atoms with E-state index >= 15 is 0 Å². The predicted molar refractivity (Wildman–Crippen MR) is 75.1 cm³/mol. The Kier molecular flexibility index (Phi) is 3.84. The molecule has 0 aliphatic carbocycles. The third kappa shape index (κ3) is 3.20. The van der Waals surface area contributed by atoms with Crippen LogP contribution in [0, 0.1) is 0 Å². The highest BCUT2D eigenvalue weighted by Gasteiger charge is 2.16. The van der Waals surface area contributed by atoms with E-state index in [-0.39, 0.29) is 17.6 Å². The van der Waals surface area contributed by atoms with Crippen LogP contribution in [0.5, 0.6) is 5.75 Å². The second kappa shape index (κ2) is 5.41. The summed E-state index contributed by atoms with van der Waals surface area (Å²) < 4.78 is 10.8. The van der Waals surface area contributed by atoms with E-state index in [1.54, 1.807) is 0 Å². The van der Waals surface area contributed by atoms with Crippen LogP contribution in [0.3, 0.4) is 0 Å². The Balaban J connectivity index is 2.11. The lowest BCUT2D eigenvalue weighted by Gasteiger charge is -2.19. The van der Waals surface area contributed by atoms with Gasteiger partial charge in [-0.2, -0.15) is 0 Å². The highest BCUT2D eigenvalue weighted by atomic mass is 16.5. The van der Waals surface area contributed by atoms with Gasteiger partial charge < -0.3 is 14.3 Å². The summed E-state index contributed by atoms with van der Waals surface area (Å²) in [6.07, 6.45) is 1.35. The summed E-state index contributed by atoms with van der Waals surface area (Å²) >= 11 is 0. The van der Waals surface area contributed by atoms with Crippen molar-refractivity contribution in [2.24, 2.45) is 0 Å². The molecule has 0 saturated carbocycles. The number of furan rings is 1. The molecule has 0 aliphatic rings. The minimum atomic E-state index is -1.01. The van der Waals surface area contributed by atoms with Crippen molar-refractivity contribution < 1.29 is 19.1 Å². The van der Waals surface area contributed by atoms with Crippen molar-refractivity contribution in [1.82, 2.24) is 0 Å². The molecular formula is C16H18O4. The van der Waals surface area contributed by atoms with E-state index < -0.39 is 5.97 Å². The third-order valence-electron chi connectivity index (χ3n) is 3.05. The Hall–Kier alpha value is -2.23. The number of hydrogen-bond acceptors (Lipinski definition) is 3. The van der Waals surface area contributed by atoms with E-state index in [4.69, 9.17) is 14.3 Å². The van der Waals surface area contributed by atoms with Crippen LogP contribution in [-0.4, -0.2) is 11.1 Å². The summed E-state index contributed by atoms with van der Waals surface area (Å²) in [6, 6.07) is 9.20. The fourth-order valence-electron chi connectivity index (χ4n) is 1.84. The van der Waals surface area contributed by atoms with Crippen molar-refractivity contribution in [3.05, 3.63) is 53.5 Å². The van der Waals surface area contributed by atoms with Gasteiger partial charge in [-0.15, -0.1) is 0 Å². The Morgan fingerprint density at radius 2 is 2.05 bits per heavy atom. The molecule has 0 saturated heterocycles. The summed E-state index contributed by atoms with van der Waals surface area (Å²) in [6.45, 7) is 6.48. The molecule has 1 N–H and O–H groups in total. The van der Waals surface area contributed by atoms with Crippen LogP contribution in [0.25, 0.3) is 0 Å². The minimum absolute atomic E-state index is 0.0380. The van der Waals surface area contributed by atoms with Gasteiger partial charge >= 0.3 is 5.97 Å². The maximum Gasteiger partial charge on any atom is 0.339 e. The average molecular weight is 274 g/mol. The summed E-state index contributed by atoms with van der Waals surface area (Å²) in [7, 11) is 0. The first-order valence-corrected chi connectivity index (χ1v) is 6.41. The van der Waals surface area contributed by atoms with Crippen molar-refractivity contribution in [2.75, 3.05) is 0 Å². The average Bonchev–Trinajstić information content (AvgIpc) is 2.84. The maximum absolute atomic E-state index is 11.0. The third-order valence-corrected chi connectivity index (χ3v) is 3.05. The fourth-order valence-corrected chi connectivity index (χ4v) is 1.84. The zero-order valence-corrected chi connectivity index (χ0v) is 11.8. The van der Waals surface area contributed by atoms with Crippen molar-refractivity contribution in [3.63, 3.8) is 0 Å². The lowest BCUT2D eigenvalue weighted by molar-refractivity contribution is 0.0692. The Morgan fingerprint density at radius 1 is 1.30 bits per heavy atom. The number of benzene rings is 1. The first kappa shape index (κ1) is 14.2. The standard InChI is InChI=1S/C16H18O4/c1-16(2,3)11-5-4-6-12(9-11)20-10-14-13(15(17)18)7-8-19-14/h4-9H,10H2,1-3H3,(H,17,18). The minimum Gasteiger partial charge on any atom is -0.486 e. The molecule has 20 heavy (non-hydrogen) atoms. The van der Waals surface area contributed by atoms with E-state index in [0.29, 0.717) is 11.5 Å². The molecule has 4 heteroatoms. The second-order valence-electron chi connectivity index (χ2n) is 5.63. The van der Waals surface area contributed by atoms with Gasteiger partial charge in [0.15, 0.2) is 5.76 Å².